The maximum atomic E-state index is 12.2. The van der Waals surface area contributed by atoms with Gasteiger partial charge in [-0.05, 0) is 50.3 Å². The van der Waals surface area contributed by atoms with Crippen molar-refractivity contribution in [1.82, 2.24) is 15.5 Å². The fourth-order valence-electron chi connectivity index (χ4n) is 3.36. The summed E-state index contributed by atoms with van der Waals surface area (Å²) < 4.78 is 23.0. The second-order valence-electron chi connectivity index (χ2n) is 7.22. The van der Waals surface area contributed by atoms with E-state index in [9.17, 15) is 13.2 Å². The van der Waals surface area contributed by atoms with Crippen LogP contribution < -0.4 is 10.6 Å². The number of sulfone groups is 1. The lowest BCUT2D eigenvalue weighted by Crippen LogP contribution is -2.48. The van der Waals surface area contributed by atoms with Crippen molar-refractivity contribution < 1.29 is 13.2 Å². The summed E-state index contributed by atoms with van der Waals surface area (Å²) >= 11 is 0. The molecule has 25 heavy (non-hydrogen) atoms. The van der Waals surface area contributed by atoms with Crippen molar-refractivity contribution in [2.75, 3.05) is 19.3 Å². The monoisotopic (exact) mass is 365 g/mol. The number of benzene rings is 1. The second-order valence-corrected chi connectivity index (χ2v) is 9.24. The fraction of sp³-hybridized carbons (Fsp3) is 0.611. The van der Waals surface area contributed by atoms with Gasteiger partial charge in [0.05, 0.1) is 10.9 Å². The Balaban J connectivity index is 1.47. The minimum atomic E-state index is -3.20. The van der Waals surface area contributed by atoms with Crippen molar-refractivity contribution in [3.8, 4) is 0 Å². The molecule has 1 saturated heterocycles. The third-order valence-corrected chi connectivity index (χ3v) is 6.21. The number of amides is 2. The highest BCUT2D eigenvalue weighted by molar-refractivity contribution is 7.90. The summed E-state index contributed by atoms with van der Waals surface area (Å²) in [5, 5.41) is 6.00. The van der Waals surface area contributed by atoms with Crippen LogP contribution in [0, 0.1) is 0 Å². The first-order valence-electron chi connectivity index (χ1n) is 8.94. The van der Waals surface area contributed by atoms with Crippen LogP contribution in [-0.2, 0) is 9.84 Å². The summed E-state index contributed by atoms with van der Waals surface area (Å²) in [5.74, 6) is 0. The molecule has 138 valence electrons. The smallest absolute Gasteiger partial charge is 0.315 e. The van der Waals surface area contributed by atoms with Gasteiger partial charge in [-0.2, -0.15) is 0 Å². The Labute approximate surface area is 149 Å². The number of nitrogens with one attached hydrogen (secondary N) is 2. The van der Waals surface area contributed by atoms with E-state index < -0.39 is 9.84 Å². The molecule has 1 atom stereocenters. The molecule has 1 aromatic rings. The molecule has 2 fully saturated rings. The van der Waals surface area contributed by atoms with Crippen molar-refractivity contribution in [2.24, 2.45) is 0 Å². The SMILES string of the molecule is CC(NC(=O)NC1CCN(C2CC2)CC1)c1ccc(S(C)(=O)=O)cc1. The minimum absolute atomic E-state index is 0.162. The third-order valence-electron chi connectivity index (χ3n) is 5.08. The maximum Gasteiger partial charge on any atom is 0.315 e. The van der Waals surface area contributed by atoms with Gasteiger partial charge in [0, 0.05) is 31.4 Å². The molecule has 2 N–H and O–H groups in total. The maximum absolute atomic E-state index is 12.2. The van der Waals surface area contributed by atoms with Crippen molar-refractivity contribution >= 4 is 15.9 Å². The second kappa shape index (κ2) is 7.33. The molecule has 0 spiro atoms. The van der Waals surface area contributed by atoms with E-state index in [4.69, 9.17) is 0 Å². The van der Waals surface area contributed by atoms with Gasteiger partial charge in [-0.25, -0.2) is 13.2 Å². The van der Waals surface area contributed by atoms with Crippen molar-refractivity contribution in [3.05, 3.63) is 29.8 Å². The Morgan fingerprint density at radius 1 is 1.12 bits per heavy atom. The number of rotatable bonds is 5. The van der Waals surface area contributed by atoms with Gasteiger partial charge in [0.1, 0.15) is 0 Å². The quantitative estimate of drug-likeness (QED) is 0.837. The molecule has 2 amide bonds. The van der Waals surface area contributed by atoms with Crippen LogP contribution in [0.4, 0.5) is 4.79 Å². The average Bonchev–Trinajstić information content (AvgIpc) is 3.39. The highest BCUT2D eigenvalue weighted by atomic mass is 32.2. The number of piperidine rings is 1. The van der Waals surface area contributed by atoms with Gasteiger partial charge >= 0.3 is 6.03 Å². The fourth-order valence-corrected chi connectivity index (χ4v) is 3.99. The van der Waals surface area contributed by atoms with E-state index in [-0.39, 0.29) is 23.0 Å². The zero-order valence-electron chi connectivity index (χ0n) is 14.9. The van der Waals surface area contributed by atoms with E-state index in [1.165, 1.54) is 19.1 Å². The summed E-state index contributed by atoms with van der Waals surface area (Å²) in [6, 6.07) is 7.33. The highest BCUT2D eigenvalue weighted by Gasteiger charge is 2.32. The summed E-state index contributed by atoms with van der Waals surface area (Å²) in [6.45, 7) is 4.03. The Hall–Kier alpha value is -1.60. The molecular weight excluding hydrogens is 338 g/mol. The Kier molecular flexibility index (Phi) is 5.34. The summed E-state index contributed by atoms with van der Waals surface area (Å²) in [4.78, 5) is 15.0. The van der Waals surface area contributed by atoms with Gasteiger partial charge in [0.2, 0.25) is 0 Å². The Morgan fingerprint density at radius 3 is 2.24 bits per heavy atom. The van der Waals surface area contributed by atoms with E-state index in [0.717, 1.165) is 37.5 Å². The first-order valence-corrected chi connectivity index (χ1v) is 10.8. The van der Waals surface area contributed by atoms with Gasteiger partial charge < -0.3 is 15.5 Å². The van der Waals surface area contributed by atoms with Crippen molar-refractivity contribution in [1.29, 1.82) is 0 Å². The third kappa shape index (κ3) is 4.95. The molecule has 1 heterocycles. The highest BCUT2D eigenvalue weighted by Crippen LogP contribution is 2.29. The molecule has 1 aromatic carbocycles. The molecule has 1 aliphatic heterocycles. The predicted molar refractivity (Wildman–Crippen MR) is 97.3 cm³/mol. The minimum Gasteiger partial charge on any atom is -0.335 e. The summed E-state index contributed by atoms with van der Waals surface area (Å²) in [5.41, 5.74) is 0.881. The lowest BCUT2D eigenvalue weighted by molar-refractivity contribution is 0.185. The molecule has 0 radical (unpaired) electrons. The van der Waals surface area contributed by atoms with Crippen LogP contribution in [0.25, 0.3) is 0 Å². The number of carbonyl (C=O) groups is 1. The van der Waals surface area contributed by atoms with Crippen molar-refractivity contribution in [3.63, 3.8) is 0 Å². The molecule has 0 aromatic heterocycles. The summed E-state index contributed by atoms with van der Waals surface area (Å²) in [6.07, 6.45) is 5.84. The van der Waals surface area contributed by atoms with E-state index in [0.29, 0.717) is 0 Å². The van der Waals surface area contributed by atoms with Crippen LogP contribution in [0.15, 0.2) is 29.2 Å². The van der Waals surface area contributed by atoms with E-state index in [2.05, 4.69) is 15.5 Å². The lowest BCUT2D eigenvalue weighted by atomic mass is 10.1. The number of urea groups is 1. The largest absolute Gasteiger partial charge is 0.335 e. The van der Waals surface area contributed by atoms with Crippen LogP contribution in [-0.4, -0.2) is 50.8 Å². The Morgan fingerprint density at radius 2 is 1.72 bits per heavy atom. The summed E-state index contributed by atoms with van der Waals surface area (Å²) in [7, 11) is -3.20. The van der Waals surface area contributed by atoms with E-state index in [1.807, 2.05) is 6.92 Å². The number of nitrogens with zero attached hydrogens (tertiary/aromatic N) is 1. The lowest BCUT2D eigenvalue weighted by Gasteiger charge is -2.32. The number of hydrogen-bond acceptors (Lipinski definition) is 4. The van der Waals surface area contributed by atoms with Gasteiger partial charge in [0.25, 0.3) is 0 Å². The zero-order valence-corrected chi connectivity index (χ0v) is 15.7. The van der Waals surface area contributed by atoms with Crippen LogP contribution in [0.2, 0.25) is 0 Å². The first kappa shape index (κ1) is 18.2. The van der Waals surface area contributed by atoms with Gasteiger partial charge in [0.15, 0.2) is 9.84 Å². The Bertz CT molecular complexity index is 706. The molecule has 1 saturated carbocycles. The van der Waals surface area contributed by atoms with Crippen LogP contribution in [0.1, 0.15) is 44.2 Å². The first-order chi connectivity index (χ1) is 11.8. The van der Waals surface area contributed by atoms with Gasteiger partial charge in [-0.3, -0.25) is 0 Å². The predicted octanol–water partition coefficient (Wildman–Crippen LogP) is 2.08. The molecular formula is C18H27N3O3S. The van der Waals surface area contributed by atoms with Crippen LogP contribution in [0.5, 0.6) is 0 Å². The van der Waals surface area contributed by atoms with Crippen molar-refractivity contribution in [2.45, 2.75) is 55.6 Å². The van der Waals surface area contributed by atoms with Gasteiger partial charge in [-0.15, -0.1) is 0 Å². The molecule has 0 bridgehead atoms. The molecule has 3 rings (SSSR count). The van der Waals surface area contributed by atoms with Gasteiger partial charge in [-0.1, -0.05) is 12.1 Å². The molecule has 1 aliphatic carbocycles. The number of carbonyl (C=O) groups excluding carboxylic acids is 1. The molecule has 6 nitrogen and oxygen atoms in total. The molecule has 7 heteroatoms. The average molecular weight is 365 g/mol. The molecule has 2 aliphatic rings. The van der Waals surface area contributed by atoms with Crippen LogP contribution in [0.3, 0.4) is 0 Å². The van der Waals surface area contributed by atoms with E-state index >= 15 is 0 Å². The molecule has 1 unspecified atom stereocenters. The number of likely N-dealkylation sites (tertiary alicyclic amines) is 1. The van der Waals surface area contributed by atoms with E-state index in [1.54, 1.807) is 24.3 Å². The zero-order chi connectivity index (χ0) is 18.0. The normalized spacial score (nSPS) is 20.9. The van der Waals surface area contributed by atoms with Crippen LogP contribution >= 0.6 is 0 Å². The topological polar surface area (TPSA) is 78.5 Å². The number of hydrogen-bond donors (Lipinski definition) is 2. The standard InChI is InChI=1S/C18H27N3O3S/c1-13(14-3-7-17(8-4-14)25(2,23)24)19-18(22)20-15-9-11-21(12-10-15)16-5-6-16/h3-4,7-8,13,15-16H,5-6,9-12H2,1-2H3,(H2,19,20,22).